The van der Waals surface area contributed by atoms with Crippen LogP contribution in [0.3, 0.4) is 0 Å². The fourth-order valence-electron chi connectivity index (χ4n) is 3.27. The molecule has 0 saturated heterocycles. The molecule has 3 aromatic heterocycles. The van der Waals surface area contributed by atoms with Gasteiger partial charge >= 0.3 is 6.61 Å². The monoisotopic (exact) mass is 452 g/mol. The van der Waals surface area contributed by atoms with E-state index in [0.717, 1.165) is 12.8 Å². The summed E-state index contributed by atoms with van der Waals surface area (Å²) in [6, 6.07) is 9.58. The molecule has 11 heteroatoms. The van der Waals surface area contributed by atoms with E-state index in [-0.39, 0.29) is 17.2 Å². The topological polar surface area (TPSA) is 118 Å². The van der Waals surface area contributed by atoms with Crippen molar-refractivity contribution >= 4 is 11.7 Å². The van der Waals surface area contributed by atoms with Gasteiger partial charge in [-0.1, -0.05) is 0 Å². The molecular weight excluding hydrogens is 434 g/mol. The molecule has 9 nitrogen and oxygen atoms in total. The molecule has 0 radical (unpaired) electrons. The van der Waals surface area contributed by atoms with E-state index in [2.05, 4.69) is 24.8 Å². The highest BCUT2D eigenvalue weighted by molar-refractivity contribution is 5.90. The maximum Gasteiger partial charge on any atom is 0.387 e. The Hall–Kier alpha value is -4.15. The van der Waals surface area contributed by atoms with Gasteiger partial charge < -0.3 is 15.2 Å². The first-order valence-corrected chi connectivity index (χ1v) is 10.2. The van der Waals surface area contributed by atoms with Crippen LogP contribution in [0.4, 0.5) is 8.78 Å². The van der Waals surface area contributed by atoms with E-state index in [9.17, 15) is 13.6 Å². The second-order valence-corrected chi connectivity index (χ2v) is 7.57. The second kappa shape index (κ2) is 8.41. The highest BCUT2D eigenvalue weighted by Gasteiger charge is 2.23. The van der Waals surface area contributed by atoms with Crippen LogP contribution in [-0.2, 0) is 0 Å². The lowest BCUT2D eigenvalue weighted by Gasteiger charge is -2.14. The molecule has 168 valence electrons. The number of amides is 1. The number of benzene rings is 1. The first kappa shape index (κ1) is 20.7. The van der Waals surface area contributed by atoms with E-state index in [0.29, 0.717) is 40.9 Å². The van der Waals surface area contributed by atoms with Crippen molar-refractivity contribution in [2.24, 2.45) is 11.7 Å². The summed E-state index contributed by atoms with van der Waals surface area (Å²) in [6.07, 6.45) is 5.15. The van der Waals surface area contributed by atoms with Crippen LogP contribution in [0.2, 0.25) is 0 Å². The molecule has 0 unspecified atom stereocenters. The molecule has 1 aliphatic rings. The molecule has 3 heterocycles. The zero-order chi connectivity index (χ0) is 22.9. The van der Waals surface area contributed by atoms with Crippen LogP contribution in [0, 0.1) is 5.92 Å². The minimum Gasteiger partial charge on any atom is -0.489 e. The van der Waals surface area contributed by atoms with E-state index in [1.807, 2.05) is 0 Å². The molecular formula is C22H18F2N6O3. The maximum absolute atomic E-state index is 12.8. The van der Waals surface area contributed by atoms with E-state index in [4.69, 9.17) is 10.5 Å². The van der Waals surface area contributed by atoms with Crippen molar-refractivity contribution in [2.45, 2.75) is 19.5 Å². The lowest BCUT2D eigenvalue weighted by atomic mass is 10.1. The van der Waals surface area contributed by atoms with Crippen LogP contribution >= 0.6 is 0 Å². The number of hydrogen-bond acceptors (Lipinski definition) is 7. The van der Waals surface area contributed by atoms with Gasteiger partial charge in [0.05, 0.1) is 12.3 Å². The van der Waals surface area contributed by atoms with Crippen LogP contribution in [0.5, 0.6) is 11.5 Å². The van der Waals surface area contributed by atoms with Crippen LogP contribution in [0.15, 0.2) is 48.8 Å². The van der Waals surface area contributed by atoms with Crippen molar-refractivity contribution in [2.75, 3.05) is 6.61 Å². The highest BCUT2D eigenvalue weighted by Crippen LogP contribution is 2.36. The van der Waals surface area contributed by atoms with Crippen molar-refractivity contribution in [1.29, 1.82) is 0 Å². The molecule has 1 amide bonds. The molecule has 33 heavy (non-hydrogen) atoms. The van der Waals surface area contributed by atoms with Gasteiger partial charge in [0.15, 0.2) is 17.3 Å². The minimum atomic E-state index is -2.96. The number of primary amides is 1. The average molecular weight is 452 g/mol. The summed E-state index contributed by atoms with van der Waals surface area (Å²) in [5, 5.41) is 4.51. The zero-order valence-electron chi connectivity index (χ0n) is 17.2. The number of aromatic nitrogens is 5. The summed E-state index contributed by atoms with van der Waals surface area (Å²) in [5.41, 5.74) is 7.22. The minimum absolute atomic E-state index is 0.0282. The van der Waals surface area contributed by atoms with Crippen molar-refractivity contribution in [3.8, 4) is 34.1 Å². The standard InChI is InChI=1S/C22H18F2N6O3/c23-21(24)33-17-6-4-13(9-18(17)32-11-12-1-2-12)16-7-8-26-22-28-20(29-30(16)22)14-3-5-15(19(25)31)27-10-14/h3-10,12,21H,1-2,11H2,(H2,25,31). The Labute approximate surface area is 186 Å². The van der Waals surface area contributed by atoms with Gasteiger partial charge in [-0.05, 0) is 55.2 Å². The fraction of sp³-hybridized carbons (Fsp3) is 0.227. The van der Waals surface area contributed by atoms with Gasteiger partial charge in [-0.2, -0.15) is 18.3 Å². The lowest BCUT2D eigenvalue weighted by molar-refractivity contribution is -0.0515. The first-order valence-electron chi connectivity index (χ1n) is 10.2. The van der Waals surface area contributed by atoms with E-state index in [1.54, 1.807) is 30.5 Å². The molecule has 4 aromatic rings. The summed E-state index contributed by atoms with van der Waals surface area (Å²) in [6.45, 7) is -2.52. The van der Waals surface area contributed by atoms with Crippen molar-refractivity contribution < 1.29 is 23.0 Å². The van der Waals surface area contributed by atoms with Gasteiger partial charge in [0, 0.05) is 23.5 Å². The zero-order valence-corrected chi connectivity index (χ0v) is 17.2. The second-order valence-electron chi connectivity index (χ2n) is 7.57. The number of nitrogens with two attached hydrogens (primary N) is 1. The smallest absolute Gasteiger partial charge is 0.387 e. The van der Waals surface area contributed by atoms with Crippen LogP contribution < -0.4 is 15.2 Å². The number of halogens is 2. The van der Waals surface area contributed by atoms with Crippen LogP contribution in [0.1, 0.15) is 23.3 Å². The largest absolute Gasteiger partial charge is 0.489 e. The number of carbonyl (C=O) groups is 1. The van der Waals surface area contributed by atoms with Gasteiger partial charge in [-0.15, -0.1) is 5.10 Å². The summed E-state index contributed by atoms with van der Waals surface area (Å²) in [7, 11) is 0. The SMILES string of the molecule is NC(=O)c1ccc(-c2nc3nccc(-c4ccc(OC(F)F)c(OCC5CC5)c4)n3n2)cn1. The molecule has 1 aliphatic carbocycles. The van der Waals surface area contributed by atoms with Gasteiger partial charge in [-0.25, -0.2) is 4.98 Å². The van der Waals surface area contributed by atoms with Gasteiger partial charge in [0.1, 0.15) is 5.69 Å². The van der Waals surface area contributed by atoms with E-state index >= 15 is 0 Å². The molecule has 2 N–H and O–H groups in total. The molecule has 1 fully saturated rings. The normalized spacial score (nSPS) is 13.4. The molecule has 0 aliphatic heterocycles. The highest BCUT2D eigenvalue weighted by atomic mass is 19.3. The number of fused-ring (bicyclic) bond motifs is 1. The van der Waals surface area contributed by atoms with Crippen LogP contribution in [-0.4, -0.2) is 43.7 Å². The Kier molecular flexibility index (Phi) is 5.29. The number of pyridine rings is 1. The number of rotatable bonds is 8. The fourth-order valence-corrected chi connectivity index (χ4v) is 3.27. The van der Waals surface area contributed by atoms with Gasteiger partial charge in [0.25, 0.3) is 11.7 Å². The van der Waals surface area contributed by atoms with E-state index in [1.165, 1.54) is 22.8 Å². The van der Waals surface area contributed by atoms with Crippen molar-refractivity contribution in [1.82, 2.24) is 24.6 Å². The molecule has 0 bridgehead atoms. The molecule has 1 saturated carbocycles. The Morgan fingerprint density at radius 2 is 1.94 bits per heavy atom. The van der Waals surface area contributed by atoms with Crippen molar-refractivity contribution in [3.05, 3.63) is 54.5 Å². The summed E-state index contributed by atoms with van der Waals surface area (Å²) in [5.74, 6) is 0.688. The Bertz CT molecular complexity index is 1320. The molecule has 0 spiro atoms. The Morgan fingerprint density at radius 3 is 2.64 bits per heavy atom. The molecule has 5 rings (SSSR count). The predicted octanol–water partition coefficient (Wildman–Crippen LogP) is 3.34. The predicted molar refractivity (Wildman–Crippen MR) is 113 cm³/mol. The number of hydrogen-bond donors (Lipinski definition) is 1. The summed E-state index contributed by atoms with van der Waals surface area (Å²) >= 11 is 0. The molecule has 1 aromatic carbocycles. The number of alkyl halides is 2. The third-order valence-corrected chi connectivity index (χ3v) is 5.14. The maximum atomic E-state index is 12.8. The first-order chi connectivity index (χ1) is 16.0. The summed E-state index contributed by atoms with van der Waals surface area (Å²) < 4.78 is 37.6. The van der Waals surface area contributed by atoms with Crippen molar-refractivity contribution in [3.63, 3.8) is 0 Å². The van der Waals surface area contributed by atoms with Gasteiger partial charge in [0.2, 0.25) is 0 Å². The quantitative estimate of drug-likeness (QED) is 0.436. The lowest BCUT2D eigenvalue weighted by Crippen LogP contribution is -2.12. The molecule has 0 atom stereocenters. The number of nitrogens with zero attached hydrogens (tertiary/aromatic N) is 5. The Balaban J connectivity index is 1.52. The third-order valence-electron chi connectivity index (χ3n) is 5.14. The third kappa shape index (κ3) is 4.43. The van der Waals surface area contributed by atoms with E-state index < -0.39 is 12.5 Å². The number of ether oxygens (including phenoxy) is 2. The van der Waals surface area contributed by atoms with Crippen LogP contribution in [0.25, 0.3) is 28.4 Å². The summed E-state index contributed by atoms with van der Waals surface area (Å²) in [4.78, 5) is 23.9. The van der Waals surface area contributed by atoms with Gasteiger partial charge in [-0.3, -0.25) is 9.78 Å². The average Bonchev–Trinajstić information content (AvgIpc) is 3.53. The number of carbonyl (C=O) groups excluding carboxylic acids is 1. The Morgan fingerprint density at radius 1 is 1.12 bits per heavy atom.